The molecule has 30 heavy (non-hydrogen) atoms. The molecule has 0 aromatic heterocycles. The van der Waals surface area contributed by atoms with Crippen LogP contribution in [-0.4, -0.2) is 12.9 Å². The van der Waals surface area contributed by atoms with Crippen LogP contribution in [-0.2, 0) is 6.61 Å². The summed E-state index contributed by atoms with van der Waals surface area (Å²) in [4.78, 5) is 12.4. The van der Waals surface area contributed by atoms with E-state index in [0.717, 1.165) is 11.1 Å². The summed E-state index contributed by atoms with van der Waals surface area (Å²) in [5, 5.41) is 0.692. The molecule has 0 atom stereocenters. The zero-order chi connectivity index (χ0) is 21.7. The van der Waals surface area contributed by atoms with Crippen molar-refractivity contribution in [2.75, 3.05) is 7.11 Å². The van der Waals surface area contributed by atoms with Gasteiger partial charge in [-0.3, -0.25) is 4.79 Å². The normalized spacial score (nSPS) is 11.0. The van der Waals surface area contributed by atoms with E-state index in [1.807, 2.05) is 12.1 Å². The van der Waals surface area contributed by atoms with Gasteiger partial charge in [-0.2, -0.15) is 0 Å². The van der Waals surface area contributed by atoms with Crippen molar-refractivity contribution in [1.29, 1.82) is 0 Å². The molecule has 3 aromatic carbocycles. The third-order valence-corrected chi connectivity index (χ3v) is 5.25. The van der Waals surface area contributed by atoms with E-state index in [0.29, 0.717) is 27.1 Å². The van der Waals surface area contributed by atoms with Gasteiger partial charge in [-0.05, 0) is 54.1 Å². The van der Waals surface area contributed by atoms with E-state index in [4.69, 9.17) is 44.3 Å². The van der Waals surface area contributed by atoms with Gasteiger partial charge in [0.25, 0.3) is 0 Å². The van der Waals surface area contributed by atoms with Crippen LogP contribution in [0.15, 0.2) is 60.7 Å². The number of allylic oxidation sites excluding steroid dienone is 1. The van der Waals surface area contributed by atoms with E-state index in [-0.39, 0.29) is 17.4 Å². The van der Waals surface area contributed by atoms with Crippen molar-refractivity contribution in [3.63, 3.8) is 0 Å². The van der Waals surface area contributed by atoms with Gasteiger partial charge < -0.3 is 9.47 Å². The second-order valence-corrected chi connectivity index (χ2v) is 7.48. The van der Waals surface area contributed by atoms with Crippen LogP contribution in [0.2, 0.25) is 15.1 Å². The SMILES string of the molecule is COc1ccc(/C=C/C(=O)c2ccc(Cl)c(Cl)c2)cc1COc1ccc(F)c(Cl)c1. The van der Waals surface area contributed by atoms with Crippen molar-refractivity contribution >= 4 is 46.7 Å². The zero-order valence-electron chi connectivity index (χ0n) is 15.8. The molecule has 0 aliphatic heterocycles. The monoisotopic (exact) mass is 464 g/mol. The Kier molecular flexibility index (Phi) is 7.38. The predicted molar refractivity (Wildman–Crippen MR) is 119 cm³/mol. The molecular weight excluding hydrogens is 450 g/mol. The molecule has 7 heteroatoms. The van der Waals surface area contributed by atoms with E-state index in [2.05, 4.69) is 0 Å². The fourth-order valence-corrected chi connectivity index (χ4v) is 3.13. The first-order chi connectivity index (χ1) is 14.4. The number of methoxy groups -OCH3 is 1. The van der Waals surface area contributed by atoms with Gasteiger partial charge in [0.1, 0.15) is 23.9 Å². The molecular formula is C23H16Cl3FO3. The molecule has 0 spiro atoms. The smallest absolute Gasteiger partial charge is 0.185 e. The lowest BCUT2D eigenvalue weighted by Crippen LogP contribution is -2.00. The maximum absolute atomic E-state index is 13.3. The van der Waals surface area contributed by atoms with Crippen molar-refractivity contribution in [3.8, 4) is 11.5 Å². The van der Waals surface area contributed by atoms with Crippen LogP contribution >= 0.6 is 34.8 Å². The Bertz CT molecular complexity index is 1110. The molecule has 0 N–H and O–H groups in total. The topological polar surface area (TPSA) is 35.5 Å². The summed E-state index contributed by atoms with van der Waals surface area (Å²) in [6.45, 7) is 0.174. The summed E-state index contributed by atoms with van der Waals surface area (Å²) in [5.74, 6) is 0.332. The number of ether oxygens (including phenoxy) is 2. The lowest BCUT2D eigenvalue weighted by atomic mass is 10.1. The molecule has 3 nitrogen and oxygen atoms in total. The number of carbonyl (C=O) groups excluding carboxylic acids is 1. The Hall–Kier alpha value is -2.53. The quantitative estimate of drug-likeness (QED) is 0.272. The maximum Gasteiger partial charge on any atom is 0.185 e. The van der Waals surface area contributed by atoms with E-state index >= 15 is 0 Å². The summed E-state index contributed by atoms with van der Waals surface area (Å²) in [5.41, 5.74) is 1.97. The number of carbonyl (C=O) groups is 1. The van der Waals surface area contributed by atoms with Crippen molar-refractivity contribution in [3.05, 3.63) is 98.2 Å². The van der Waals surface area contributed by atoms with Crippen molar-refractivity contribution in [2.24, 2.45) is 0 Å². The summed E-state index contributed by atoms with van der Waals surface area (Å²) >= 11 is 17.6. The predicted octanol–water partition coefficient (Wildman–Crippen LogP) is 7.27. The molecule has 0 fully saturated rings. The molecule has 0 radical (unpaired) electrons. The van der Waals surface area contributed by atoms with Crippen molar-refractivity contribution in [2.45, 2.75) is 6.61 Å². The summed E-state index contributed by atoms with van der Waals surface area (Å²) < 4.78 is 24.4. The van der Waals surface area contributed by atoms with Crippen molar-refractivity contribution in [1.82, 2.24) is 0 Å². The summed E-state index contributed by atoms with van der Waals surface area (Å²) in [6.07, 6.45) is 3.13. The number of rotatable bonds is 7. The highest BCUT2D eigenvalue weighted by atomic mass is 35.5. The molecule has 0 saturated carbocycles. The Balaban J connectivity index is 1.75. The molecule has 0 saturated heterocycles. The Morgan fingerprint density at radius 2 is 1.77 bits per heavy atom. The average Bonchev–Trinajstić information content (AvgIpc) is 2.74. The van der Waals surface area contributed by atoms with Gasteiger partial charge in [-0.1, -0.05) is 46.9 Å². The maximum atomic E-state index is 13.3. The Morgan fingerprint density at radius 1 is 0.967 bits per heavy atom. The number of benzene rings is 3. The van der Waals surface area contributed by atoms with E-state index in [9.17, 15) is 9.18 Å². The number of hydrogen-bond donors (Lipinski definition) is 0. The fraction of sp³-hybridized carbons (Fsp3) is 0.0870. The second kappa shape index (κ2) is 9.98. The standard InChI is InChI=1S/C23H16Cl3FO3/c1-29-23-9-3-14(2-8-22(28)15-4-6-18(24)19(25)11-15)10-16(23)13-30-17-5-7-21(27)20(26)12-17/h2-12H,13H2,1H3/b8-2+. The van der Waals surface area contributed by atoms with E-state index < -0.39 is 5.82 Å². The molecule has 0 unspecified atom stereocenters. The van der Waals surface area contributed by atoms with Crippen LogP contribution < -0.4 is 9.47 Å². The van der Waals surface area contributed by atoms with Gasteiger partial charge in [0.15, 0.2) is 5.78 Å². The van der Waals surface area contributed by atoms with Gasteiger partial charge in [-0.25, -0.2) is 4.39 Å². The van der Waals surface area contributed by atoms with Gasteiger partial charge >= 0.3 is 0 Å². The lowest BCUT2D eigenvalue weighted by molar-refractivity contribution is 0.104. The van der Waals surface area contributed by atoms with Gasteiger partial charge in [0.2, 0.25) is 0 Å². The Labute approximate surface area is 188 Å². The van der Waals surface area contributed by atoms with Crippen LogP contribution in [0, 0.1) is 5.82 Å². The van der Waals surface area contributed by atoms with Crippen molar-refractivity contribution < 1.29 is 18.7 Å². The number of ketones is 1. The average molecular weight is 466 g/mol. The molecule has 0 amide bonds. The van der Waals surface area contributed by atoms with Crippen LogP contribution in [0.25, 0.3) is 6.08 Å². The number of halogens is 4. The van der Waals surface area contributed by atoms with Gasteiger partial charge in [0, 0.05) is 17.2 Å². The summed E-state index contributed by atoms with van der Waals surface area (Å²) in [7, 11) is 1.55. The minimum absolute atomic E-state index is 0.0167. The third-order valence-electron chi connectivity index (χ3n) is 4.22. The Morgan fingerprint density at radius 3 is 2.47 bits per heavy atom. The third kappa shape index (κ3) is 5.54. The molecule has 3 rings (SSSR count). The highest BCUT2D eigenvalue weighted by Crippen LogP contribution is 2.26. The van der Waals surface area contributed by atoms with Crippen LogP contribution in [0.3, 0.4) is 0 Å². The van der Waals surface area contributed by atoms with Crippen LogP contribution in [0.1, 0.15) is 21.5 Å². The minimum Gasteiger partial charge on any atom is -0.496 e. The first-order valence-corrected chi connectivity index (χ1v) is 9.93. The minimum atomic E-state index is -0.514. The molecule has 3 aromatic rings. The van der Waals surface area contributed by atoms with Gasteiger partial charge in [-0.15, -0.1) is 0 Å². The second-order valence-electron chi connectivity index (χ2n) is 6.26. The van der Waals surface area contributed by atoms with Crippen LogP contribution in [0.5, 0.6) is 11.5 Å². The highest BCUT2D eigenvalue weighted by Gasteiger charge is 2.08. The molecule has 0 aliphatic carbocycles. The highest BCUT2D eigenvalue weighted by molar-refractivity contribution is 6.42. The molecule has 0 bridgehead atoms. The first kappa shape index (κ1) is 22.2. The first-order valence-electron chi connectivity index (χ1n) is 8.79. The van der Waals surface area contributed by atoms with Gasteiger partial charge in [0.05, 0.1) is 22.2 Å². The molecule has 154 valence electrons. The van der Waals surface area contributed by atoms with E-state index in [1.165, 1.54) is 30.3 Å². The number of hydrogen-bond acceptors (Lipinski definition) is 3. The molecule has 0 aliphatic rings. The zero-order valence-corrected chi connectivity index (χ0v) is 18.1. The van der Waals surface area contributed by atoms with E-state index in [1.54, 1.807) is 31.4 Å². The largest absolute Gasteiger partial charge is 0.496 e. The van der Waals surface area contributed by atoms with Crippen LogP contribution in [0.4, 0.5) is 4.39 Å². The fourth-order valence-electron chi connectivity index (χ4n) is 2.66. The summed E-state index contributed by atoms with van der Waals surface area (Å²) in [6, 6.07) is 14.3. The molecule has 0 heterocycles. The lowest BCUT2D eigenvalue weighted by Gasteiger charge is -2.11.